The Morgan fingerprint density at radius 3 is 2.78 bits per heavy atom. The topological polar surface area (TPSA) is 74.7 Å². The molecule has 2 aromatic rings. The fraction of sp³-hybridized carbons (Fsp3) is 0.360. The number of nitrogens with one attached hydrogen (secondary N) is 1. The van der Waals surface area contributed by atoms with E-state index in [0.29, 0.717) is 28.5 Å². The van der Waals surface area contributed by atoms with Gasteiger partial charge in [0.1, 0.15) is 23.0 Å². The van der Waals surface area contributed by atoms with E-state index in [2.05, 4.69) is 21.3 Å². The highest BCUT2D eigenvalue weighted by molar-refractivity contribution is 6.32. The number of rotatable bonds is 3. The van der Waals surface area contributed by atoms with Gasteiger partial charge >= 0.3 is 0 Å². The number of carbonyl (C=O) groups excluding carboxylic acids is 1. The van der Waals surface area contributed by atoms with Crippen molar-refractivity contribution in [3.8, 4) is 0 Å². The molecule has 4 heterocycles. The monoisotopic (exact) mass is 435 g/mol. The van der Waals surface area contributed by atoms with Crippen LogP contribution in [0.5, 0.6) is 0 Å². The van der Waals surface area contributed by atoms with Crippen LogP contribution in [0.15, 0.2) is 48.4 Å². The number of piperidine rings is 1. The number of hydrogen-bond donors (Lipinski definition) is 2. The highest BCUT2D eigenvalue weighted by atomic mass is 19.1. The molecule has 0 saturated carbocycles. The number of aliphatic hydroxyl groups is 1. The van der Waals surface area contributed by atoms with Crippen LogP contribution >= 0.6 is 0 Å². The molecule has 3 aliphatic rings. The second kappa shape index (κ2) is 7.74. The van der Waals surface area contributed by atoms with E-state index in [1.165, 1.54) is 12.1 Å². The van der Waals surface area contributed by atoms with Gasteiger partial charge in [0, 0.05) is 37.0 Å². The minimum Gasteiger partial charge on any atom is -0.482 e. The Balaban J connectivity index is 1.50. The van der Waals surface area contributed by atoms with Crippen LogP contribution in [0.1, 0.15) is 37.8 Å². The summed E-state index contributed by atoms with van der Waals surface area (Å²) in [5.41, 5.74) is 2.81. The number of pyridine rings is 1. The van der Waals surface area contributed by atoms with Crippen LogP contribution in [0.2, 0.25) is 0 Å². The number of aliphatic hydroxyl groups excluding tert-OH is 1. The van der Waals surface area contributed by atoms with Crippen LogP contribution in [0.3, 0.4) is 0 Å². The number of benzene rings is 1. The molecule has 1 amide bonds. The van der Waals surface area contributed by atoms with Crippen molar-refractivity contribution < 1.29 is 19.0 Å². The highest BCUT2D eigenvalue weighted by Crippen LogP contribution is 2.44. The van der Waals surface area contributed by atoms with Gasteiger partial charge in [0.25, 0.3) is 5.91 Å². The van der Waals surface area contributed by atoms with Gasteiger partial charge in [-0.3, -0.25) is 4.79 Å². The van der Waals surface area contributed by atoms with E-state index >= 15 is 0 Å². The van der Waals surface area contributed by atoms with Gasteiger partial charge in [-0.05, 0) is 74.6 Å². The van der Waals surface area contributed by atoms with E-state index in [4.69, 9.17) is 4.74 Å². The van der Waals surface area contributed by atoms with Gasteiger partial charge in [0.15, 0.2) is 0 Å². The van der Waals surface area contributed by atoms with Gasteiger partial charge in [0.2, 0.25) is 0 Å². The third-order valence-corrected chi connectivity index (χ3v) is 6.52. The third-order valence-electron chi connectivity index (χ3n) is 6.52. The molecule has 7 heteroatoms. The predicted octanol–water partition coefficient (Wildman–Crippen LogP) is 3.99. The summed E-state index contributed by atoms with van der Waals surface area (Å²) in [4.78, 5) is 19.5. The van der Waals surface area contributed by atoms with E-state index in [0.717, 1.165) is 42.9 Å². The summed E-state index contributed by atoms with van der Waals surface area (Å²) in [6.07, 6.45) is 5.60. The smallest absolute Gasteiger partial charge is 0.260 e. The zero-order valence-electron chi connectivity index (χ0n) is 18.2. The van der Waals surface area contributed by atoms with Gasteiger partial charge in [-0.25, -0.2) is 9.37 Å². The van der Waals surface area contributed by atoms with Crippen molar-refractivity contribution in [3.63, 3.8) is 0 Å². The number of amides is 1. The van der Waals surface area contributed by atoms with Crippen molar-refractivity contribution in [1.29, 1.82) is 0 Å². The average Bonchev–Trinajstić information content (AvgIpc) is 3.27. The highest BCUT2D eigenvalue weighted by Gasteiger charge is 2.38. The number of anilines is 2. The van der Waals surface area contributed by atoms with Gasteiger partial charge < -0.3 is 20.1 Å². The van der Waals surface area contributed by atoms with Crippen LogP contribution in [0.25, 0.3) is 11.1 Å². The van der Waals surface area contributed by atoms with Gasteiger partial charge in [0.05, 0.1) is 11.3 Å². The van der Waals surface area contributed by atoms with Crippen molar-refractivity contribution in [3.05, 3.63) is 65.3 Å². The van der Waals surface area contributed by atoms with Crippen molar-refractivity contribution >= 4 is 28.6 Å². The lowest BCUT2D eigenvalue weighted by Gasteiger charge is -2.32. The molecule has 0 radical (unpaired) electrons. The molecule has 0 bridgehead atoms. The Morgan fingerprint density at radius 2 is 2.03 bits per heavy atom. The molecule has 0 aliphatic carbocycles. The largest absolute Gasteiger partial charge is 0.482 e. The Morgan fingerprint density at radius 1 is 1.25 bits per heavy atom. The van der Waals surface area contributed by atoms with Crippen molar-refractivity contribution in [2.24, 2.45) is 5.92 Å². The van der Waals surface area contributed by atoms with E-state index in [1.807, 2.05) is 26.0 Å². The molecule has 2 N–H and O–H groups in total. The molecule has 5 rings (SSSR count). The van der Waals surface area contributed by atoms with Crippen molar-refractivity contribution in [2.45, 2.75) is 32.3 Å². The molecule has 0 atom stereocenters. The van der Waals surface area contributed by atoms with Crippen molar-refractivity contribution in [1.82, 2.24) is 4.98 Å². The molecule has 1 saturated heterocycles. The summed E-state index contributed by atoms with van der Waals surface area (Å²) in [5, 5.41) is 12.1. The standard InChI is InChI=1S/C25H26FN3O3/c1-25(2)19(16-5-8-27-22(11-16)29-9-6-15(14-30)7-10-29)13-21(32-25)23-18-4-3-17(26)12-20(18)28-24(23)31/h3-5,8,11-13,15,30H,6-7,9-10,14H2,1-2H3,(H,28,31)/b23-21+. The average molecular weight is 435 g/mol. The Bertz CT molecular complexity index is 1150. The minimum atomic E-state index is -0.645. The Hall–Kier alpha value is -3.19. The number of nitrogens with zero attached hydrogens (tertiary/aromatic N) is 2. The molecule has 6 nitrogen and oxygen atoms in total. The molecule has 32 heavy (non-hydrogen) atoms. The third kappa shape index (κ3) is 3.56. The summed E-state index contributed by atoms with van der Waals surface area (Å²) >= 11 is 0. The Labute approximate surface area is 186 Å². The Kier molecular flexibility index (Phi) is 5.01. The lowest BCUT2D eigenvalue weighted by atomic mass is 9.92. The molecule has 1 aromatic carbocycles. The lowest BCUT2D eigenvalue weighted by Crippen LogP contribution is -2.35. The number of halogens is 1. The van der Waals surface area contributed by atoms with Gasteiger partial charge in [-0.1, -0.05) is 0 Å². The number of carbonyl (C=O) groups is 1. The SMILES string of the molecule is CC1(C)O/C(=C2/C(=O)Nc3cc(F)ccc32)C=C1c1ccnc(N2CCC(CO)CC2)c1. The van der Waals surface area contributed by atoms with Crippen LogP contribution in [0.4, 0.5) is 15.9 Å². The second-order valence-electron chi connectivity index (χ2n) is 9.07. The molecular weight excluding hydrogens is 409 g/mol. The van der Waals surface area contributed by atoms with E-state index in [9.17, 15) is 14.3 Å². The quantitative estimate of drug-likeness (QED) is 0.714. The molecular formula is C25H26FN3O3. The first kappa shape index (κ1) is 20.7. The van der Waals surface area contributed by atoms with Crippen LogP contribution in [-0.2, 0) is 9.53 Å². The molecule has 0 unspecified atom stereocenters. The number of hydrogen-bond acceptors (Lipinski definition) is 5. The fourth-order valence-electron chi connectivity index (χ4n) is 4.71. The zero-order valence-corrected chi connectivity index (χ0v) is 18.2. The van der Waals surface area contributed by atoms with Crippen molar-refractivity contribution in [2.75, 3.05) is 29.9 Å². The van der Waals surface area contributed by atoms with Crippen LogP contribution in [-0.4, -0.2) is 41.3 Å². The van der Waals surface area contributed by atoms with Crippen LogP contribution < -0.4 is 10.2 Å². The fourth-order valence-corrected chi connectivity index (χ4v) is 4.71. The van der Waals surface area contributed by atoms with E-state index in [-0.39, 0.29) is 12.5 Å². The first-order chi connectivity index (χ1) is 15.4. The minimum absolute atomic E-state index is 0.237. The first-order valence-corrected chi connectivity index (χ1v) is 10.9. The zero-order chi connectivity index (χ0) is 22.5. The maximum Gasteiger partial charge on any atom is 0.260 e. The number of allylic oxidation sites excluding steroid dienone is 1. The molecule has 166 valence electrons. The normalized spacial score (nSPS) is 22.4. The number of fused-ring (bicyclic) bond motifs is 1. The van der Waals surface area contributed by atoms with Gasteiger partial charge in [-0.15, -0.1) is 0 Å². The molecule has 0 spiro atoms. The molecule has 3 aliphatic heterocycles. The lowest BCUT2D eigenvalue weighted by molar-refractivity contribution is -0.111. The number of ether oxygens (including phenoxy) is 1. The summed E-state index contributed by atoms with van der Waals surface area (Å²) in [6, 6.07) is 8.28. The maximum absolute atomic E-state index is 13.6. The first-order valence-electron chi connectivity index (χ1n) is 10.9. The van der Waals surface area contributed by atoms with Crippen LogP contribution in [0, 0.1) is 11.7 Å². The maximum atomic E-state index is 13.6. The summed E-state index contributed by atoms with van der Waals surface area (Å²) in [7, 11) is 0. The molecule has 1 aromatic heterocycles. The van der Waals surface area contributed by atoms with E-state index < -0.39 is 11.4 Å². The summed E-state index contributed by atoms with van der Waals surface area (Å²) < 4.78 is 19.8. The second-order valence-corrected chi connectivity index (χ2v) is 9.07. The van der Waals surface area contributed by atoms with E-state index in [1.54, 1.807) is 12.3 Å². The molecule has 1 fully saturated rings. The number of aromatic nitrogens is 1. The van der Waals surface area contributed by atoms with Gasteiger partial charge in [-0.2, -0.15) is 0 Å². The predicted molar refractivity (Wildman–Crippen MR) is 121 cm³/mol. The summed E-state index contributed by atoms with van der Waals surface area (Å²) in [6.45, 7) is 5.91. The summed E-state index contributed by atoms with van der Waals surface area (Å²) in [5.74, 6) is 1.05.